The van der Waals surface area contributed by atoms with Crippen molar-refractivity contribution in [3.8, 4) is 11.3 Å². The molecule has 2 aromatic heterocycles. The number of amides is 1. The van der Waals surface area contributed by atoms with Crippen molar-refractivity contribution in [1.29, 1.82) is 0 Å². The van der Waals surface area contributed by atoms with E-state index in [1.54, 1.807) is 11.3 Å². The Morgan fingerprint density at radius 3 is 2.71 bits per heavy atom. The normalized spacial score (nSPS) is 11.2. The van der Waals surface area contributed by atoms with E-state index in [4.69, 9.17) is 4.98 Å². The number of likely N-dealkylation sites (N-methyl/N-ethyl adjacent to an activating group) is 1. The molecule has 0 radical (unpaired) electrons. The zero-order valence-electron chi connectivity index (χ0n) is 15.3. The minimum atomic E-state index is -0.0539. The van der Waals surface area contributed by atoms with Gasteiger partial charge in [-0.3, -0.25) is 14.1 Å². The number of carbonyl (C=O) groups is 1. The number of hydrogen-bond acceptors (Lipinski definition) is 4. The van der Waals surface area contributed by atoms with Crippen LogP contribution in [0.1, 0.15) is 5.69 Å². The van der Waals surface area contributed by atoms with Crippen LogP contribution in [0.15, 0.2) is 70.6 Å². The highest BCUT2D eigenvalue weighted by atomic mass is 79.9. The number of para-hydroxylation sites is 1. The highest BCUT2D eigenvalue weighted by Crippen LogP contribution is 2.27. The SMILES string of the molecule is CN(CC(=O)Nc1ccccc1Br)Cc1c(-c2ccccc2)nc2sccn12. The molecule has 28 heavy (non-hydrogen) atoms. The molecule has 0 spiro atoms. The summed E-state index contributed by atoms with van der Waals surface area (Å²) in [6, 6.07) is 17.8. The molecule has 0 aliphatic carbocycles. The molecule has 1 amide bonds. The van der Waals surface area contributed by atoms with Gasteiger partial charge in [0.2, 0.25) is 5.91 Å². The van der Waals surface area contributed by atoms with Crippen LogP contribution in [-0.4, -0.2) is 33.8 Å². The van der Waals surface area contributed by atoms with E-state index in [1.807, 2.05) is 66.0 Å². The summed E-state index contributed by atoms with van der Waals surface area (Å²) >= 11 is 5.07. The summed E-state index contributed by atoms with van der Waals surface area (Å²) in [7, 11) is 1.94. The van der Waals surface area contributed by atoms with Gasteiger partial charge in [-0.2, -0.15) is 0 Å². The summed E-state index contributed by atoms with van der Waals surface area (Å²) in [6.07, 6.45) is 2.03. The predicted molar refractivity (Wildman–Crippen MR) is 118 cm³/mol. The molecule has 1 N–H and O–H groups in total. The van der Waals surface area contributed by atoms with Gasteiger partial charge in [0.05, 0.1) is 23.6 Å². The number of benzene rings is 2. The van der Waals surface area contributed by atoms with Gasteiger partial charge in [-0.15, -0.1) is 11.3 Å². The number of nitrogens with zero attached hydrogens (tertiary/aromatic N) is 3. The molecular formula is C21H19BrN4OS. The number of carbonyl (C=O) groups excluding carboxylic acids is 1. The van der Waals surface area contributed by atoms with E-state index in [9.17, 15) is 4.79 Å². The van der Waals surface area contributed by atoms with E-state index in [0.717, 1.165) is 32.1 Å². The fourth-order valence-electron chi connectivity index (χ4n) is 3.12. The minimum absolute atomic E-state index is 0.0539. The summed E-state index contributed by atoms with van der Waals surface area (Å²) in [5, 5.41) is 4.98. The van der Waals surface area contributed by atoms with E-state index < -0.39 is 0 Å². The lowest BCUT2D eigenvalue weighted by molar-refractivity contribution is -0.117. The molecule has 0 aliphatic rings. The maximum atomic E-state index is 12.5. The third-order valence-corrected chi connectivity index (χ3v) is 5.84. The van der Waals surface area contributed by atoms with E-state index in [1.165, 1.54) is 0 Å². The van der Waals surface area contributed by atoms with Crippen LogP contribution in [-0.2, 0) is 11.3 Å². The largest absolute Gasteiger partial charge is 0.324 e. The number of rotatable bonds is 6. The topological polar surface area (TPSA) is 49.6 Å². The second-order valence-electron chi connectivity index (χ2n) is 6.53. The fourth-order valence-corrected chi connectivity index (χ4v) is 4.24. The first-order chi connectivity index (χ1) is 13.6. The van der Waals surface area contributed by atoms with Crippen LogP contribution in [0.5, 0.6) is 0 Å². The summed E-state index contributed by atoms with van der Waals surface area (Å²) in [5.41, 5.74) is 3.90. The highest BCUT2D eigenvalue weighted by Gasteiger charge is 2.17. The lowest BCUT2D eigenvalue weighted by Gasteiger charge is -2.17. The number of fused-ring (bicyclic) bond motifs is 1. The molecule has 0 aliphatic heterocycles. The van der Waals surface area contributed by atoms with Crippen molar-refractivity contribution in [2.24, 2.45) is 0 Å². The van der Waals surface area contributed by atoms with Crippen molar-refractivity contribution in [1.82, 2.24) is 14.3 Å². The van der Waals surface area contributed by atoms with Crippen molar-refractivity contribution in [3.63, 3.8) is 0 Å². The Balaban J connectivity index is 1.52. The molecule has 0 saturated heterocycles. The van der Waals surface area contributed by atoms with Crippen LogP contribution in [0.3, 0.4) is 0 Å². The Bertz CT molecular complexity index is 1110. The first kappa shape index (κ1) is 18.9. The molecule has 2 heterocycles. The Kier molecular flexibility index (Phi) is 5.57. The van der Waals surface area contributed by atoms with Crippen molar-refractivity contribution in [2.75, 3.05) is 18.9 Å². The Morgan fingerprint density at radius 1 is 1.18 bits per heavy atom. The van der Waals surface area contributed by atoms with E-state index in [0.29, 0.717) is 6.54 Å². The van der Waals surface area contributed by atoms with Gasteiger partial charge >= 0.3 is 0 Å². The zero-order valence-corrected chi connectivity index (χ0v) is 17.7. The van der Waals surface area contributed by atoms with Crippen LogP contribution in [0.2, 0.25) is 0 Å². The van der Waals surface area contributed by atoms with Crippen LogP contribution in [0.25, 0.3) is 16.2 Å². The number of hydrogen-bond donors (Lipinski definition) is 1. The summed E-state index contributed by atoms with van der Waals surface area (Å²) < 4.78 is 2.97. The molecule has 0 fully saturated rings. The van der Waals surface area contributed by atoms with E-state index in [-0.39, 0.29) is 12.5 Å². The zero-order chi connectivity index (χ0) is 19.5. The lowest BCUT2D eigenvalue weighted by Crippen LogP contribution is -2.30. The van der Waals surface area contributed by atoms with Crippen LogP contribution >= 0.6 is 27.3 Å². The smallest absolute Gasteiger partial charge is 0.238 e. The Morgan fingerprint density at radius 2 is 1.93 bits per heavy atom. The molecule has 142 valence electrons. The van der Waals surface area contributed by atoms with Crippen molar-refractivity contribution in [3.05, 3.63) is 76.3 Å². The van der Waals surface area contributed by atoms with E-state index >= 15 is 0 Å². The molecule has 4 rings (SSSR count). The van der Waals surface area contributed by atoms with Gasteiger partial charge in [-0.1, -0.05) is 42.5 Å². The number of aromatic nitrogens is 2. The molecule has 2 aromatic carbocycles. The van der Waals surface area contributed by atoms with Gasteiger partial charge in [0.15, 0.2) is 4.96 Å². The lowest BCUT2D eigenvalue weighted by atomic mass is 10.1. The van der Waals surface area contributed by atoms with Crippen molar-refractivity contribution in [2.45, 2.75) is 6.54 Å². The quantitative estimate of drug-likeness (QED) is 0.450. The van der Waals surface area contributed by atoms with Crippen molar-refractivity contribution < 1.29 is 4.79 Å². The summed E-state index contributed by atoms with van der Waals surface area (Å²) in [4.78, 5) is 20.2. The van der Waals surface area contributed by atoms with Gasteiger partial charge in [-0.05, 0) is 35.1 Å². The average Bonchev–Trinajstić information content (AvgIpc) is 3.27. The van der Waals surface area contributed by atoms with Gasteiger partial charge in [0.25, 0.3) is 0 Å². The number of anilines is 1. The third kappa shape index (κ3) is 4.01. The average molecular weight is 455 g/mol. The molecule has 0 bridgehead atoms. The Labute approximate surface area is 175 Å². The minimum Gasteiger partial charge on any atom is -0.324 e. The van der Waals surface area contributed by atoms with Crippen LogP contribution < -0.4 is 5.32 Å². The second kappa shape index (κ2) is 8.26. The fraction of sp³-hybridized carbons (Fsp3) is 0.143. The molecule has 7 heteroatoms. The molecule has 5 nitrogen and oxygen atoms in total. The van der Waals surface area contributed by atoms with Crippen LogP contribution in [0, 0.1) is 0 Å². The molecule has 0 saturated carbocycles. The maximum Gasteiger partial charge on any atom is 0.238 e. The third-order valence-electron chi connectivity index (χ3n) is 4.39. The summed E-state index contributed by atoms with van der Waals surface area (Å²) in [6.45, 7) is 0.901. The Hall–Kier alpha value is -2.48. The molecule has 0 atom stereocenters. The number of nitrogens with one attached hydrogen (secondary N) is 1. The van der Waals surface area contributed by atoms with Gasteiger partial charge < -0.3 is 5.32 Å². The standard InChI is InChI=1S/C21H19BrN4OS/c1-25(14-19(27)23-17-10-6-5-9-16(17)22)13-18-20(15-7-3-2-4-8-15)24-21-26(18)11-12-28-21/h2-12H,13-14H2,1H3,(H,23,27). The summed E-state index contributed by atoms with van der Waals surface area (Å²) in [5.74, 6) is -0.0539. The predicted octanol–water partition coefficient (Wildman–Crippen LogP) is 4.90. The monoisotopic (exact) mass is 454 g/mol. The van der Waals surface area contributed by atoms with Gasteiger partial charge in [0, 0.05) is 28.2 Å². The highest BCUT2D eigenvalue weighted by molar-refractivity contribution is 9.10. The van der Waals surface area contributed by atoms with Gasteiger partial charge in [0.1, 0.15) is 0 Å². The van der Waals surface area contributed by atoms with E-state index in [2.05, 4.69) is 37.8 Å². The molecule has 4 aromatic rings. The maximum absolute atomic E-state index is 12.5. The van der Waals surface area contributed by atoms with Crippen molar-refractivity contribution >= 4 is 43.8 Å². The number of thiazole rings is 1. The second-order valence-corrected chi connectivity index (χ2v) is 8.26. The number of imidazole rings is 1. The van der Waals surface area contributed by atoms with Gasteiger partial charge in [-0.25, -0.2) is 4.98 Å². The molecule has 0 unspecified atom stereocenters. The number of halogens is 1. The van der Waals surface area contributed by atoms with Crippen LogP contribution in [0.4, 0.5) is 5.69 Å². The first-order valence-electron chi connectivity index (χ1n) is 8.84. The molecular weight excluding hydrogens is 436 g/mol. The first-order valence-corrected chi connectivity index (χ1v) is 10.5.